The summed E-state index contributed by atoms with van der Waals surface area (Å²) in [7, 11) is 0. The molecule has 0 saturated carbocycles. The predicted molar refractivity (Wildman–Crippen MR) is 68.3 cm³/mol. The molecule has 0 radical (unpaired) electrons. The summed E-state index contributed by atoms with van der Waals surface area (Å²) >= 11 is 1.44. The molecule has 7 heteroatoms. The predicted octanol–water partition coefficient (Wildman–Crippen LogP) is 2.14. The summed E-state index contributed by atoms with van der Waals surface area (Å²) in [6.45, 7) is 6.06. The van der Waals surface area contributed by atoms with E-state index in [4.69, 9.17) is 0 Å². The van der Waals surface area contributed by atoms with E-state index in [1.165, 1.54) is 11.3 Å². The van der Waals surface area contributed by atoms with Gasteiger partial charge in [0.2, 0.25) is 5.13 Å². The number of hydrogen-bond acceptors (Lipinski definition) is 6. The van der Waals surface area contributed by atoms with Gasteiger partial charge in [0.1, 0.15) is 10.7 Å². The summed E-state index contributed by atoms with van der Waals surface area (Å²) in [5.74, 6) is 0.254. The number of rotatable bonds is 5. The molecule has 2 heterocycles. The molecule has 0 N–H and O–H groups in total. The van der Waals surface area contributed by atoms with Gasteiger partial charge in [-0.3, -0.25) is 4.79 Å². The lowest BCUT2D eigenvalue weighted by atomic mass is 9.98. The Labute approximate surface area is 109 Å². The molecule has 0 aliphatic carbocycles. The van der Waals surface area contributed by atoms with E-state index >= 15 is 0 Å². The minimum absolute atomic E-state index is 0.254. The fourth-order valence-corrected chi connectivity index (χ4v) is 2.60. The third kappa shape index (κ3) is 2.17. The van der Waals surface area contributed by atoms with Crippen molar-refractivity contribution in [1.29, 1.82) is 0 Å². The van der Waals surface area contributed by atoms with Crippen molar-refractivity contribution in [1.82, 2.24) is 25.2 Å². The van der Waals surface area contributed by atoms with Crippen LogP contribution < -0.4 is 0 Å². The first kappa shape index (κ1) is 12.8. The zero-order valence-corrected chi connectivity index (χ0v) is 11.4. The summed E-state index contributed by atoms with van der Waals surface area (Å²) in [5.41, 5.74) is 1.24. The fraction of sp³-hybridized carbons (Fsp3) is 0.545. The van der Waals surface area contributed by atoms with Crippen LogP contribution in [0, 0.1) is 6.92 Å². The Morgan fingerprint density at radius 2 is 2.00 bits per heavy atom. The van der Waals surface area contributed by atoms with Crippen molar-refractivity contribution < 1.29 is 4.79 Å². The third-order valence-corrected chi connectivity index (χ3v) is 3.73. The third-order valence-electron chi connectivity index (χ3n) is 2.91. The molecular formula is C11H15N5OS. The van der Waals surface area contributed by atoms with E-state index < -0.39 is 0 Å². The van der Waals surface area contributed by atoms with Gasteiger partial charge in [-0.2, -0.15) is 4.68 Å². The Kier molecular flexibility index (Phi) is 3.81. The van der Waals surface area contributed by atoms with Gasteiger partial charge in [-0.05, 0) is 19.8 Å². The first-order chi connectivity index (χ1) is 8.71. The Morgan fingerprint density at radius 3 is 2.50 bits per heavy atom. The minimum Gasteiger partial charge on any atom is -0.296 e. The highest BCUT2D eigenvalue weighted by atomic mass is 32.1. The Hall–Kier alpha value is -1.63. The van der Waals surface area contributed by atoms with Gasteiger partial charge in [-0.15, -0.1) is 15.3 Å². The molecule has 0 aliphatic rings. The molecular weight excluding hydrogens is 250 g/mol. The van der Waals surface area contributed by atoms with Crippen molar-refractivity contribution in [2.45, 2.75) is 39.5 Å². The van der Waals surface area contributed by atoms with Crippen LogP contribution in [0.15, 0.2) is 0 Å². The van der Waals surface area contributed by atoms with Gasteiger partial charge in [-0.1, -0.05) is 30.4 Å². The number of hydrogen-bond donors (Lipinski definition) is 0. The van der Waals surface area contributed by atoms with Crippen molar-refractivity contribution in [2.75, 3.05) is 0 Å². The van der Waals surface area contributed by atoms with Crippen LogP contribution in [0.3, 0.4) is 0 Å². The van der Waals surface area contributed by atoms with Crippen molar-refractivity contribution in [3.63, 3.8) is 0 Å². The summed E-state index contributed by atoms with van der Waals surface area (Å²) in [6.07, 6.45) is 2.62. The van der Waals surface area contributed by atoms with E-state index in [1.54, 1.807) is 4.68 Å². The molecule has 0 unspecified atom stereocenters. The second-order valence-electron chi connectivity index (χ2n) is 4.01. The highest BCUT2D eigenvalue weighted by Crippen LogP contribution is 2.27. The van der Waals surface area contributed by atoms with Gasteiger partial charge in [0.25, 0.3) is 0 Å². The van der Waals surface area contributed by atoms with Crippen molar-refractivity contribution in [2.24, 2.45) is 0 Å². The Balaban J connectivity index is 2.54. The number of aromatic nitrogens is 5. The SMILES string of the molecule is CCC(CC)c1c(C=O)nnn1-c1nnc(C)s1. The quantitative estimate of drug-likeness (QED) is 0.774. The largest absolute Gasteiger partial charge is 0.296 e. The molecule has 0 bridgehead atoms. The average molecular weight is 265 g/mol. The zero-order chi connectivity index (χ0) is 13.1. The van der Waals surface area contributed by atoms with Crippen LogP contribution >= 0.6 is 11.3 Å². The van der Waals surface area contributed by atoms with Gasteiger partial charge in [0.15, 0.2) is 6.29 Å². The van der Waals surface area contributed by atoms with E-state index in [-0.39, 0.29) is 5.92 Å². The molecule has 6 nitrogen and oxygen atoms in total. The second kappa shape index (κ2) is 5.34. The molecule has 2 rings (SSSR count). The summed E-state index contributed by atoms with van der Waals surface area (Å²) in [6, 6.07) is 0. The molecule has 0 aromatic carbocycles. The van der Waals surface area contributed by atoms with Crippen LogP contribution in [-0.2, 0) is 0 Å². The maximum atomic E-state index is 11.1. The molecule has 0 saturated heterocycles. The molecule has 96 valence electrons. The normalized spacial score (nSPS) is 11.1. The van der Waals surface area contributed by atoms with Crippen molar-refractivity contribution in [3.05, 3.63) is 16.4 Å². The Morgan fingerprint density at radius 1 is 1.28 bits per heavy atom. The summed E-state index contributed by atoms with van der Waals surface area (Å²) < 4.78 is 1.64. The van der Waals surface area contributed by atoms with E-state index in [1.807, 2.05) is 6.92 Å². The monoisotopic (exact) mass is 265 g/mol. The molecule has 18 heavy (non-hydrogen) atoms. The summed E-state index contributed by atoms with van der Waals surface area (Å²) in [5, 5.41) is 17.5. The average Bonchev–Trinajstić information content (AvgIpc) is 2.97. The number of nitrogens with zero attached hydrogens (tertiary/aromatic N) is 5. The zero-order valence-electron chi connectivity index (χ0n) is 10.6. The smallest absolute Gasteiger partial charge is 0.234 e. The fourth-order valence-electron chi connectivity index (χ4n) is 1.96. The number of carbonyl (C=O) groups excluding carboxylic acids is 1. The van der Waals surface area contributed by atoms with E-state index in [0.29, 0.717) is 10.8 Å². The highest BCUT2D eigenvalue weighted by molar-refractivity contribution is 7.13. The lowest BCUT2D eigenvalue weighted by Crippen LogP contribution is -2.08. The standard InChI is InChI=1S/C11H15N5OS/c1-4-8(5-2)10-9(6-17)13-15-16(10)11-14-12-7(3)18-11/h6,8H,4-5H2,1-3H3. The second-order valence-corrected chi connectivity index (χ2v) is 5.17. The number of carbonyl (C=O) groups is 1. The first-order valence-corrected chi connectivity index (χ1v) is 6.74. The van der Waals surface area contributed by atoms with Gasteiger partial charge in [-0.25, -0.2) is 0 Å². The highest BCUT2D eigenvalue weighted by Gasteiger charge is 2.22. The van der Waals surface area contributed by atoms with Gasteiger partial charge < -0.3 is 0 Å². The topological polar surface area (TPSA) is 73.6 Å². The molecule has 0 spiro atoms. The van der Waals surface area contributed by atoms with Gasteiger partial charge >= 0.3 is 0 Å². The Bertz CT molecular complexity index is 543. The number of aryl methyl sites for hydroxylation is 1. The maximum Gasteiger partial charge on any atom is 0.234 e. The van der Waals surface area contributed by atoms with Crippen LogP contribution in [0.25, 0.3) is 5.13 Å². The van der Waals surface area contributed by atoms with Crippen LogP contribution in [0.4, 0.5) is 0 Å². The van der Waals surface area contributed by atoms with Crippen molar-refractivity contribution >= 4 is 17.6 Å². The minimum atomic E-state index is 0.254. The van der Waals surface area contributed by atoms with E-state index in [9.17, 15) is 4.79 Å². The molecule has 0 aliphatic heterocycles. The van der Waals surface area contributed by atoms with Crippen LogP contribution in [0.1, 0.15) is 53.8 Å². The lowest BCUT2D eigenvalue weighted by Gasteiger charge is -2.12. The van der Waals surface area contributed by atoms with Gasteiger partial charge in [0.05, 0.1) is 5.69 Å². The van der Waals surface area contributed by atoms with Crippen LogP contribution in [0.5, 0.6) is 0 Å². The maximum absolute atomic E-state index is 11.1. The van der Waals surface area contributed by atoms with Crippen LogP contribution in [0.2, 0.25) is 0 Å². The van der Waals surface area contributed by atoms with Crippen LogP contribution in [-0.4, -0.2) is 31.5 Å². The first-order valence-electron chi connectivity index (χ1n) is 5.92. The van der Waals surface area contributed by atoms with E-state index in [0.717, 1.165) is 29.8 Å². The molecule has 0 amide bonds. The van der Waals surface area contributed by atoms with Crippen molar-refractivity contribution in [3.8, 4) is 5.13 Å². The lowest BCUT2D eigenvalue weighted by molar-refractivity contribution is 0.111. The molecule has 0 fully saturated rings. The van der Waals surface area contributed by atoms with Gasteiger partial charge in [0, 0.05) is 5.92 Å². The molecule has 2 aromatic rings. The van der Waals surface area contributed by atoms with E-state index in [2.05, 4.69) is 34.4 Å². The molecule has 2 aromatic heterocycles. The molecule has 0 atom stereocenters. The summed E-state index contributed by atoms with van der Waals surface area (Å²) in [4.78, 5) is 11.1. The number of aldehydes is 1.